The number of rotatable bonds is 3. The van der Waals surface area contributed by atoms with Crippen molar-refractivity contribution < 1.29 is 10.0 Å². The molecule has 0 spiro atoms. The maximum absolute atomic E-state index is 11.1. The SMILES string of the molecule is O=[N+]([O-])c1cccnc1N1CCN(c2ccccc2O)CC1. The first-order chi connectivity index (χ1) is 10.7. The highest BCUT2D eigenvalue weighted by Gasteiger charge is 2.25. The molecule has 1 fully saturated rings. The third-order valence-corrected chi connectivity index (χ3v) is 3.76. The molecular weight excluding hydrogens is 284 g/mol. The molecule has 1 aliphatic rings. The molecule has 0 radical (unpaired) electrons. The zero-order valence-electron chi connectivity index (χ0n) is 11.9. The van der Waals surface area contributed by atoms with Crippen molar-refractivity contribution in [2.45, 2.75) is 0 Å². The maximum atomic E-state index is 11.1. The van der Waals surface area contributed by atoms with Gasteiger partial charge in [0.25, 0.3) is 0 Å². The minimum atomic E-state index is -0.405. The van der Waals surface area contributed by atoms with Crippen LogP contribution in [-0.2, 0) is 0 Å². The Kier molecular flexibility index (Phi) is 3.78. The van der Waals surface area contributed by atoms with Gasteiger partial charge in [-0.15, -0.1) is 0 Å². The number of aromatic hydroxyl groups is 1. The highest BCUT2D eigenvalue weighted by atomic mass is 16.6. The molecule has 1 aliphatic heterocycles. The van der Waals surface area contributed by atoms with Crippen molar-refractivity contribution in [3.63, 3.8) is 0 Å². The lowest BCUT2D eigenvalue weighted by atomic mass is 10.2. The lowest BCUT2D eigenvalue weighted by Crippen LogP contribution is -2.47. The number of phenolic OH excluding ortho intramolecular Hbond substituents is 1. The van der Waals surface area contributed by atoms with Gasteiger partial charge in [0, 0.05) is 38.4 Å². The van der Waals surface area contributed by atoms with Gasteiger partial charge in [-0.25, -0.2) is 4.98 Å². The van der Waals surface area contributed by atoms with Gasteiger partial charge in [0.05, 0.1) is 10.6 Å². The van der Waals surface area contributed by atoms with Crippen LogP contribution in [0.3, 0.4) is 0 Å². The van der Waals surface area contributed by atoms with Gasteiger partial charge in [0.2, 0.25) is 5.82 Å². The molecule has 7 nitrogen and oxygen atoms in total. The summed E-state index contributed by atoms with van der Waals surface area (Å²) in [5.74, 6) is 0.657. The van der Waals surface area contributed by atoms with Crippen LogP contribution in [0, 0.1) is 10.1 Å². The van der Waals surface area contributed by atoms with E-state index in [0.29, 0.717) is 32.0 Å². The van der Waals surface area contributed by atoms with Gasteiger partial charge in [-0.05, 0) is 18.2 Å². The topological polar surface area (TPSA) is 82.7 Å². The van der Waals surface area contributed by atoms with E-state index in [4.69, 9.17) is 0 Å². The molecule has 114 valence electrons. The third-order valence-electron chi connectivity index (χ3n) is 3.76. The van der Waals surface area contributed by atoms with Crippen molar-refractivity contribution in [3.8, 4) is 5.75 Å². The van der Waals surface area contributed by atoms with E-state index in [1.807, 2.05) is 17.0 Å². The van der Waals surface area contributed by atoms with Crippen LogP contribution in [0.4, 0.5) is 17.2 Å². The number of anilines is 2. The number of nitrogens with zero attached hydrogens (tertiary/aromatic N) is 4. The molecule has 1 saturated heterocycles. The van der Waals surface area contributed by atoms with Crippen molar-refractivity contribution in [2.75, 3.05) is 36.0 Å². The Morgan fingerprint density at radius 1 is 1.05 bits per heavy atom. The Labute approximate surface area is 127 Å². The normalized spacial score (nSPS) is 14.9. The van der Waals surface area contributed by atoms with E-state index >= 15 is 0 Å². The van der Waals surface area contributed by atoms with Crippen LogP contribution in [0.15, 0.2) is 42.6 Å². The first kappa shape index (κ1) is 14.1. The molecule has 1 aromatic heterocycles. The summed E-state index contributed by atoms with van der Waals surface area (Å²) in [5.41, 5.74) is 0.816. The van der Waals surface area contributed by atoms with Gasteiger partial charge in [-0.1, -0.05) is 12.1 Å². The van der Waals surface area contributed by atoms with Gasteiger partial charge in [0.15, 0.2) is 0 Å². The average Bonchev–Trinajstić information content (AvgIpc) is 2.55. The third kappa shape index (κ3) is 2.65. The van der Waals surface area contributed by atoms with E-state index in [-0.39, 0.29) is 11.4 Å². The second-order valence-electron chi connectivity index (χ2n) is 5.07. The summed E-state index contributed by atoms with van der Waals surface area (Å²) < 4.78 is 0. The van der Waals surface area contributed by atoms with Gasteiger partial charge < -0.3 is 14.9 Å². The smallest absolute Gasteiger partial charge is 0.311 e. The molecule has 1 N–H and O–H groups in total. The van der Waals surface area contributed by atoms with Gasteiger partial charge in [-0.2, -0.15) is 0 Å². The van der Waals surface area contributed by atoms with Crippen LogP contribution in [-0.4, -0.2) is 41.2 Å². The summed E-state index contributed by atoms with van der Waals surface area (Å²) in [4.78, 5) is 18.8. The fourth-order valence-electron chi connectivity index (χ4n) is 2.67. The number of benzene rings is 1. The Hall–Kier alpha value is -2.83. The summed E-state index contributed by atoms with van der Waals surface area (Å²) in [6.45, 7) is 2.58. The van der Waals surface area contributed by atoms with E-state index in [9.17, 15) is 15.2 Å². The first-order valence-electron chi connectivity index (χ1n) is 7.04. The van der Waals surface area contributed by atoms with Gasteiger partial charge in [-0.3, -0.25) is 10.1 Å². The molecule has 2 heterocycles. The highest BCUT2D eigenvalue weighted by Crippen LogP contribution is 2.30. The second kappa shape index (κ2) is 5.88. The predicted molar refractivity (Wildman–Crippen MR) is 83.4 cm³/mol. The molecule has 1 aromatic carbocycles. The molecule has 0 amide bonds. The van der Waals surface area contributed by atoms with Crippen LogP contribution in [0.2, 0.25) is 0 Å². The quantitative estimate of drug-likeness (QED) is 0.690. The minimum absolute atomic E-state index is 0.0264. The van der Waals surface area contributed by atoms with E-state index in [1.54, 1.807) is 24.4 Å². The van der Waals surface area contributed by atoms with E-state index < -0.39 is 4.92 Å². The lowest BCUT2D eigenvalue weighted by Gasteiger charge is -2.36. The fourth-order valence-corrected chi connectivity index (χ4v) is 2.67. The Bertz CT molecular complexity index is 684. The van der Waals surface area contributed by atoms with Gasteiger partial charge >= 0.3 is 5.69 Å². The standard InChI is InChI=1S/C15H16N4O3/c20-14-6-2-1-4-12(14)17-8-10-18(11-9-17)15-13(19(21)22)5-3-7-16-15/h1-7,20H,8-11H2. The lowest BCUT2D eigenvalue weighted by molar-refractivity contribution is -0.384. The van der Waals surface area contributed by atoms with Crippen molar-refractivity contribution in [2.24, 2.45) is 0 Å². The molecule has 2 aromatic rings. The number of para-hydroxylation sites is 2. The minimum Gasteiger partial charge on any atom is -0.506 e. The number of aromatic nitrogens is 1. The molecule has 22 heavy (non-hydrogen) atoms. The van der Waals surface area contributed by atoms with Crippen LogP contribution in [0.25, 0.3) is 0 Å². The number of piperazine rings is 1. The molecule has 0 atom stereocenters. The molecule has 0 aliphatic carbocycles. The van der Waals surface area contributed by atoms with E-state index in [0.717, 1.165) is 5.69 Å². The summed E-state index contributed by atoms with van der Waals surface area (Å²) in [6, 6.07) is 10.2. The molecule has 0 saturated carbocycles. The van der Waals surface area contributed by atoms with Gasteiger partial charge in [0.1, 0.15) is 5.75 Å². The van der Waals surface area contributed by atoms with Crippen molar-refractivity contribution in [1.82, 2.24) is 4.98 Å². The second-order valence-corrected chi connectivity index (χ2v) is 5.07. The number of nitro groups is 1. The fraction of sp³-hybridized carbons (Fsp3) is 0.267. The molecule has 0 bridgehead atoms. The molecule has 7 heteroatoms. The molecular formula is C15H16N4O3. The number of pyridine rings is 1. The van der Waals surface area contributed by atoms with Crippen LogP contribution in [0.1, 0.15) is 0 Å². The monoisotopic (exact) mass is 300 g/mol. The molecule has 3 rings (SSSR count). The maximum Gasteiger partial charge on any atom is 0.311 e. The number of hydrogen-bond donors (Lipinski definition) is 1. The zero-order chi connectivity index (χ0) is 15.5. The van der Waals surface area contributed by atoms with Crippen LogP contribution in [0.5, 0.6) is 5.75 Å². The van der Waals surface area contributed by atoms with Crippen LogP contribution < -0.4 is 9.80 Å². The van der Waals surface area contributed by atoms with Crippen molar-refractivity contribution in [3.05, 3.63) is 52.7 Å². The Morgan fingerprint density at radius 2 is 1.73 bits per heavy atom. The van der Waals surface area contributed by atoms with E-state index in [2.05, 4.69) is 9.88 Å². The number of hydrogen-bond acceptors (Lipinski definition) is 6. The highest BCUT2D eigenvalue weighted by molar-refractivity contribution is 5.61. The summed E-state index contributed by atoms with van der Waals surface area (Å²) >= 11 is 0. The largest absolute Gasteiger partial charge is 0.506 e. The van der Waals surface area contributed by atoms with Crippen molar-refractivity contribution >= 4 is 17.2 Å². The summed E-state index contributed by atoms with van der Waals surface area (Å²) in [7, 11) is 0. The average molecular weight is 300 g/mol. The van der Waals surface area contributed by atoms with Crippen LogP contribution >= 0.6 is 0 Å². The zero-order valence-corrected chi connectivity index (χ0v) is 11.9. The Balaban J connectivity index is 1.75. The summed E-state index contributed by atoms with van der Waals surface area (Å²) in [6.07, 6.45) is 1.57. The Morgan fingerprint density at radius 3 is 2.41 bits per heavy atom. The number of phenols is 1. The summed E-state index contributed by atoms with van der Waals surface area (Å²) in [5, 5.41) is 21.0. The predicted octanol–water partition coefficient (Wildman–Crippen LogP) is 2.02. The first-order valence-corrected chi connectivity index (χ1v) is 7.04. The van der Waals surface area contributed by atoms with E-state index in [1.165, 1.54) is 6.07 Å². The molecule has 0 unspecified atom stereocenters. The van der Waals surface area contributed by atoms with Crippen molar-refractivity contribution in [1.29, 1.82) is 0 Å².